The van der Waals surface area contributed by atoms with Gasteiger partial charge in [-0.1, -0.05) is 25.5 Å². The number of benzene rings is 2. The van der Waals surface area contributed by atoms with E-state index in [1.807, 2.05) is 6.92 Å². The van der Waals surface area contributed by atoms with Crippen LogP contribution in [0.2, 0.25) is 0 Å². The van der Waals surface area contributed by atoms with E-state index in [4.69, 9.17) is 9.47 Å². The van der Waals surface area contributed by atoms with Crippen molar-refractivity contribution in [2.45, 2.75) is 19.8 Å². The third kappa shape index (κ3) is 4.87. The second-order valence-electron chi connectivity index (χ2n) is 5.18. The summed E-state index contributed by atoms with van der Waals surface area (Å²) in [7, 11) is 0. The summed E-state index contributed by atoms with van der Waals surface area (Å²) in [5.74, 6) is -1.19. The highest BCUT2D eigenvalue weighted by molar-refractivity contribution is 6.03. The molecule has 7 heteroatoms. The Balaban J connectivity index is 2.13. The molecule has 7 nitrogen and oxygen atoms in total. The first-order valence-corrected chi connectivity index (χ1v) is 7.75. The van der Waals surface area contributed by atoms with Crippen LogP contribution < -0.4 is 4.74 Å². The van der Waals surface area contributed by atoms with Crippen molar-refractivity contribution in [1.29, 1.82) is 0 Å². The van der Waals surface area contributed by atoms with Crippen molar-refractivity contribution in [2.24, 2.45) is 0 Å². The maximum Gasteiger partial charge on any atom is 0.344 e. The number of nitro benzene ring substituents is 1. The quantitative estimate of drug-likeness (QED) is 0.250. The molecule has 0 unspecified atom stereocenters. The van der Waals surface area contributed by atoms with Crippen LogP contribution in [-0.4, -0.2) is 23.5 Å². The fourth-order valence-electron chi connectivity index (χ4n) is 2.02. The number of non-ortho nitro benzene ring substituents is 1. The van der Waals surface area contributed by atoms with E-state index < -0.39 is 16.9 Å². The summed E-state index contributed by atoms with van der Waals surface area (Å²) in [4.78, 5) is 34.5. The molecular weight excluding hydrogens is 326 g/mol. The first-order chi connectivity index (χ1) is 12.0. The van der Waals surface area contributed by atoms with Crippen molar-refractivity contribution in [2.75, 3.05) is 6.61 Å². The van der Waals surface area contributed by atoms with Crippen molar-refractivity contribution in [3.8, 4) is 5.75 Å². The molecule has 0 saturated heterocycles. The van der Waals surface area contributed by atoms with E-state index in [1.54, 1.807) is 12.1 Å². The second-order valence-corrected chi connectivity index (χ2v) is 5.18. The highest BCUT2D eigenvalue weighted by Crippen LogP contribution is 2.20. The zero-order valence-electron chi connectivity index (χ0n) is 13.6. The third-order valence-corrected chi connectivity index (χ3v) is 3.36. The van der Waals surface area contributed by atoms with Gasteiger partial charge in [-0.15, -0.1) is 0 Å². The van der Waals surface area contributed by atoms with Crippen LogP contribution in [0.5, 0.6) is 5.75 Å². The Hall–Kier alpha value is -3.22. The number of nitrogens with zero attached hydrogens (tertiary/aromatic N) is 1. The molecule has 0 aliphatic heterocycles. The zero-order chi connectivity index (χ0) is 18.2. The fourth-order valence-corrected chi connectivity index (χ4v) is 2.02. The van der Waals surface area contributed by atoms with Gasteiger partial charge in [0.05, 0.1) is 22.7 Å². The van der Waals surface area contributed by atoms with Gasteiger partial charge in [-0.2, -0.15) is 0 Å². The maximum absolute atomic E-state index is 12.3. The van der Waals surface area contributed by atoms with Gasteiger partial charge in [0.2, 0.25) is 0 Å². The van der Waals surface area contributed by atoms with E-state index >= 15 is 0 Å². The topological polar surface area (TPSA) is 95.7 Å². The zero-order valence-corrected chi connectivity index (χ0v) is 13.6. The van der Waals surface area contributed by atoms with Crippen LogP contribution in [0.4, 0.5) is 5.69 Å². The predicted molar refractivity (Wildman–Crippen MR) is 89.7 cm³/mol. The van der Waals surface area contributed by atoms with Gasteiger partial charge in [-0.05, 0) is 30.7 Å². The Labute approximate surface area is 144 Å². The summed E-state index contributed by atoms with van der Waals surface area (Å²) in [6.07, 6.45) is 1.62. The lowest BCUT2D eigenvalue weighted by atomic mass is 10.1. The van der Waals surface area contributed by atoms with E-state index in [2.05, 4.69) is 0 Å². The minimum absolute atomic E-state index is 0.0716. The van der Waals surface area contributed by atoms with Crippen LogP contribution in [-0.2, 0) is 4.74 Å². The van der Waals surface area contributed by atoms with E-state index in [0.29, 0.717) is 0 Å². The van der Waals surface area contributed by atoms with Crippen LogP contribution in [0.15, 0.2) is 48.5 Å². The van der Waals surface area contributed by atoms with Gasteiger partial charge in [0, 0.05) is 12.1 Å². The van der Waals surface area contributed by atoms with Gasteiger partial charge >= 0.3 is 11.9 Å². The molecule has 0 aromatic heterocycles. The van der Waals surface area contributed by atoms with Crippen molar-refractivity contribution in [1.82, 2.24) is 0 Å². The van der Waals surface area contributed by atoms with Crippen LogP contribution in [0, 0.1) is 10.1 Å². The Morgan fingerprint density at radius 3 is 2.16 bits per heavy atom. The number of rotatable bonds is 7. The Bertz CT molecular complexity index is 769. The summed E-state index contributed by atoms with van der Waals surface area (Å²) in [5, 5.41) is 10.6. The molecule has 0 heterocycles. The lowest BCUT2D eigenvalue weighted by Gasteiger charge is -2.09. The minimum atomic E-state index is -0.739. The molecule has 0 radical (unpaired) electrons. The van der Waals surface area contributed by atoms with Gasteiger partial charge in [0.25, 0.3) is 5.69 Å². The van der Waals surface area contributed by atoms with Gasteiger partial charge in [-0.25, -0.2) is 9.59 Å². The average Bonchev–Trinajstić information content (AvgIpc) is 2.62. The number of ether oxygens (including phenoxy) is 2. The molecule has 25 heavy (non-hydrogen) atoms. The number of esters is 2. The SMILES string of the molecule is CCCCOC(=O)c1ccccc1C(=O)Oc1ccc([N+](=O)[O-])cc1. The van der Waals surface area contributed by atoms with Crippen molar-refractivity contribution in [3.05, 3.63) is 69.8 Å². The van der Waals surface area contributed by atoms with E-state index in [0.717, 1.165) is 12.8 Å². The molecule has 0 spiro atoms. The lowest BCUT2D eigenvalue weighted by molar-refractivity contribution is -0.384. The largest absolute Gasteiger partial charge is 0.462 e. The van der Waals surface area contributed by atoms with Crippen LogP contribution in [0.25, 0.3) is 0 Å². The monoisotopic (exact) mass is 343 g/mol. The molecule has 0 fully saturated rings. The second kappa shape index (κ2) is 8.58. The molecule has 0 N–H and O–H groups in total. The van der Waals surface area contributed by atoms with Crippen LogP contribution >= 0.6 is 0 Å². The number of carbonyl (C=O) groups is 2. The average molecular weight is 343 g/mol. The molecule has 130 valence electrons. The lowest BCUT2D eigenvalue weighted by Crippen LogP contribution is -2.16. The highest BCUT2D eigenvalue weighted by atomic mass is 16.6. The molecule has 0 amide bonds. The number of hydrogen-bond acceptors (Lipinski definition) is 6. The smallest absolute Gasteiger partial charge is 0.344 e. The van der Waals surface area contributed by atoms with E-state index in [-0.39, 0.29) is 29.2 Å². The number of nitro groups is 1. The van der Waals surface area contributed by atoms with Crippen molar-refractivity contribution in [3.63, 3.8) is 0 Å². The van der Waals surface area contributed by atoms with Crippen LogP contribution in [0.1, 0.15) is 40.5 Å². The molecule has 2 rings (SSSR count). The summed E-state index contributed by atoms with van der Waals surface area (Å²) >= 11 is 0. The fraction of sp³-hybridized carbons (Fsp3) is 0.222. The van der Waals surface area contributed by atoms with Crippen LogP contribution in [0.3, 0.4) is 0 Å². The number of carbonyl (C=O) groups excluding carboxylic acids is 2. The molecular formula is C18H17NO6. The van der Waals surface area contributed by atoms with Gasteiger partial charge in [0.1, 0.15) is 5.75 Å². The van der Waals surface area contributed by atoms with E-state index in [1.165, 1.54) is 36.4 Å². The first-order valence-electron chi connectivity index (χ1n) is 7.75. The highest BCUT2D eigenvalue weighted by Gasteiger charge is 2.19. The van der Waals surface area contributed by atoms with Gasteiger partial charge < -0.3 is 9.47 Å². The first kappa shape index (κ1) is 18.1. The molecule has 0 bridgehead atoms. The molecule has 2 aromatic rings. The standard InChI is InChI=1S/C18H17NO6/c1-2-3-12-24-17(20)15-6-4-5-7-16(15)18(21)25-14-10-8-13(9-11-14)19(22)23/h4-11H,2-3,12H2,1H3. The van der Waals surface area contributed by atoms with Crippen molar-refractivity contribution < 1.29 is 24.0 Å². The third-order valence-electron chi connectivity index (χ3n) is 3.36. The molecule has 0 atom stereocenters. The molecule has 0 aliphatic carbocycles. The predicted octanol–water partition coefficient (Wildman–Crippen LogP) is 3.77. The number of unbranched alkanes of at least 4 members (excludes halogenated alkanes) is 1. The Kier molecular flexibility index (Phi) is 6.22. The normalized spacial score (nSPS) is 10.1. The Morgan fingerprint density at radius 1 is 1.00 bits per heavy atom. The molecule has 2 aromatic carbocycles. The summed E-state index contributed by atoms with van der Waals surface area (Å²) in [6.45, 7) is 2.25. The summed E-state index contributed by atoms with van der Waals surface area (Å²) < 4.78 is 10.3. The molecule has 0 aliphatic rings. The van der Waals surface area contributed by atoms with E-state index in [9.17, 15) is 19.7 Å². The summed E-state index contributed by atoms with van der Waals surface area (Å²) in [5.41, 5.74) is 0.0765. The summed E-state index contributed by atoms with van der Waals surface area (Å²) in [6, 6.07) is 11.3. The molecule has 0 saturated carbocycles. The van der Waals surface area contributed by atoms with Gasteiger partial charge in [0.15, 0.2) is 0 Å². The maximum atomic E-state index is 12.3. The number of hydrogen-bond donors (Lipinski definition) is 0. The van der Waals surface area contributed by atoms with Crippen molar-refractivity contribution >= 4 is 17.6 Å². The van der Waals surface area contributed by atoms with Gasteiger partial charge in [-0.3, -0.25) is 10.1 Å². The minimum Gasteiger partial charge on any atom is -0.462 e. The Morgan fingerprint density at radius 2 is 1.60 bits per heavy atom.